The summed E-state index contributed by atoms with van der Waals surface area (Å²) in [5.41, 5.74) is 1.91. The lowest BCUT2D eigenvalue weighted by Crippen LogP contribution is -2.23. The van der Waals surface area contributed by atoms with Gasteiger partial charge in [0, 0.05) is 18.0 Å². The Balaban J connectivity index is 1.38. The van der Waals surface area contributed by atoms with Crippen molar-refractivity contribution in [2.45, 2.75) is 12.8 Å². The Morgan fingerprint density at radius 3 is 2.71 bits per heavy atom. The average Bonchev–Trinajstić information content (AvgIpc) is 2.75. The number of aryl methyl sites for hydroxylation is 1. The van der Waals surface area contributed by atoms with E-state index in [1.54, 1.807) is 13.3 Å². The number of para-hydroxylation sites is 1. The molecule has 0 bridgehead atoms. The maximum absolute atomic E-state index is 11.9. The fourth-order valence-electron chi connectivity index (χ4n) is 2.70. The van der Waals surface area contributed by atoms with Gasteiger partial charge in [0.2, 0.25) is 5.91 Å². The number of aromatic nitrogens is 1. The zero-order valence-electron chi connectivity index (χ0n) is 15.8. The highest BCUT2D eigenvalue weighted by Gasteiger charge is 2.02. The van der Waals surface area contributed by atoms with Gasteiger partial charge in [0.15, 0.2) is 0 Å². The molecule has 1 heterocycles. The minimum atomic E-state index is -0.0238. The van der Waals surface area contributed by atoms with Crippen LogP contribution in [0.25, 0.3) is 10.9 Å². The van der Waals surface area contributed by atoms with Crippen molar-refractivity contribution in [2.75, 3.05) is 20.3 Å². The van der Waals surface area contributed by atoms with Gasteiger partial charge in [-0.25, -0.2) is 0 Å². The molecule has 0 radical (unpaired) electrons. The van der Waals surface area contributed by atoms with E-state index in [1.807, 2.05) is 54.6 Å². The zero-order chi connectivity index (χ0) is 19.6. The number of fused-ring (bicyclic) bond motifs is 1. The van der Waals surface area contributed by atoms with E-state index in [2.05, 4.69) is 22.1 Å². The molecule has 3 aromatic rings. The second-order valence-corrected chi connectivity index (χ2v) is 6.10. The number of carbonyl (C=O) groups excluding carboxylic acids is 1. The molecule has 0 fully saturated rings. The molecule has 0 aliphatic heterocycles. The van der Waals surface area contributed by atoms with E-state index in [4.69, 9.17) is 9.47 Å². The molecule has 1 N–H and O–H groups in total. The molecule has 5 nitrogen and oxygen atoms in total. The van der Waals surface area contributed by atoms with Crippen LogP contribution < -0.4 is 14.8 Å². The van der Waals surface area contributed by atoms with Gasteiger partial charge < -0.3 is 14.8 Å². The molecule has 0 saturated heterocycles. The molecule has 2 aromatic carbocycles. The van der Waals surface area contributed by atoms with E-state index in [0.29, 0.717) is 25.1 Å². The maximum Gasteiger partial charge on any atom is 0.221 e. The summed E-state index contributed by atoms with van der Waals surface area (Å²) in [5, 5.41) is 3.82. The Labute approximate surface area is 164 Å². The van der Waals surface area contributed by atoms with Gasteiger partial charge in [-0.3, -0.25) is 9.78 Å². The van der Waals surface area contributed by atoms with Gasteiger partial charge in [-0.2, -0.15) is 0 Å². The van der Waals surface area contributed by atoms with Gasteiger partial charge in [0.05, 0.1) is 13.7 Å². The highest BCUT2D eigenvalue weighted by molar-refractivity contribution is 5.84. The normalized spacial score (nSPS) is 10.0. The molecule has 1 aromatic heterocycles. The highest BCUT2D eigenvalue weighted by atomic mass is 16.5. The van der Waals surface area contributed by atoms with Crippen molar-refractivity contribution in [2.24, 2.45) is 0 Å². The number of hydrogen-bond acceptors (Lipinski definition) is 4. The zero-order valence-corrected chi connectivity index (χ0v) is 15.8. The standard InChI is InChI=1S/C23H22N2O3/c1-27-20-12-9-18(10-13-20)11-14-22(26)24-15-2-3-17-28-21-8-4-6-19-7-5-16-25-23(19)21/h4-10,12-13,16H,11,14-15,17H2,1H3,(H,24,26). The topological polar surface area (TPSA) is 60.5 Å². The summed E-state index contributed by atoms with van der Waals surface area (Å²) in [7, 11) is 1.63. The second kappa shape index (κ2) is 9.98. The molecule has 1 amide bonds. The summed E-state index contributed by atoms with van der Waals surface area (Å²) >= 11 is 0. The van der Waals surface area contributed by atoms with Crippen LogP contribution in [0.4, 0.5) is 0 Å². The van der Waals surface area contributed by atoms with Crippen LogP contribution in [-0.2, 0) is 11.2 Å². The van der Waals surface area contributed by atoms with E-state index < -0.39 is 0 Å². The molecule has 0 unspecified atom stereocenters. The summed E-state index contributed by atoms with van der Waals surface area (Å²) in [4.78, 5) is 16.2. The molecule has 142 valence electrons. The Morgan fingerprint density at radius 2 is 1.89 bits per heavy atom. The summed E-state index contributed by atoms with van der Waals surface area (Å²) in [6, 6.07) is 17.4. The van der Waals surface area contributed by atoms with Crippen LogP contribution in [0.5, 0.6) is 11.5 Å². The third-order valence-electron chi connectivity index (χ3n) is 4.19. The monoisotopic (exact) mass is 374 g/mol. The number of methoxy groups -OCH3 is 1. The van der Waals surface area contributed by atoms with Crippen molar-refractivity contribution in [1.82, 2.24) is 10.3 Å². The number of rotatable bonds is 7. The summed E-state index contributed by atoms with van der Waals surface area (Å²) < 4.78 is 10.8. The van der Waals surface area contributed by atoms with E-state index >= 15 is 0 Å². The molecule has 28 heavy (non-hydrogen) atoms. The minimum Gasteiger partial charge on any atom is -0.497 e. The molecule has 3 rings (SSSR count). The van der Waals surface area contributed by atoms with Crippen LogP contribution in [-0.4, -0.2) is 31.2 Å². The number of hydrogen-bond donors (Lipinski definition) is 1. The third kappa shape index (κ3) is 5.49. The van der Waals surface area contributed by atoms with Gasteiger partial charge >= 0.3 is 0 Å². The average molecular weight is 374 g/mol. The van der Waals surface area contributed by atoms with Crippen LogP contribution in [0.2, 0.25) is 0 Å². The quantitative estimate of drug-likeness (QED) is 0.644. The molecule has 0 atom stereocenters. The smallest absolute Gasteiger partial charge is 0.221 e. The van der Waals surface area contributed by atoms with Crippen LogP contribution in [0.1, 0.15) is 12.0 Å². The first kappa shape index (κ1) is 19.2. The maximum atomic E-state index is 11.9. The second-order valence-electron chi connectivity index (χ2n) is 6.10. The Hall–Kier alpha value is -3.52. The van der Waals surface area contributed by atoms with Gasteiger partial charge in [-0.05, 0) is 36.2 Å². The predicted octanol–water partition coefficient (Wildman–Crippen LogP) is 3.37. The summed E-state index contributed by atoms with van der Waals surface area (Å²) in [5.74, 6) is 7.31. The lowest BCUT2D eigenvalue weighted by atomic mass is 10.1. The Bertz CT molecular complexity index is 983. The largest absolute Gasteiger partial charge is 0.497 e. The fraction of sp³-hybridized carbons (Fsp3) is 0.217. The van der Waals surface area contributed by atoms with E-state index in [0.717, 1.165) is 22.2 Å². The summed E-state index contributed by atoms with van der Waals surface area (Å²) in [6.07, 6.45) is 2.84. The van der Waals surface area contributed by atoms with Gasteiger partial charge in [-0.15, -0.1) is 0 Å². The Kier molecular flexibility index (Phi) is 6.86. The van der Waals surface area contributed by atoms with Crippen molar-refractivity contribution in [3.8, 4) is 23.3 Å². The van der Waals surface area contributed by atoms with Crippen molar-refractivity contribution in [1.29, 1.82) is 0 Å². The third-order valence-corrected chi connectivity index (χ3v) is 4.19. The number of nitrogens with one attached hydrogen (secondary N) is 1. The molecular formula is C23H22N2O3. The first-order valence-electron chi connectivity index (χ1n) is 9.08. The molecule has 5 heteroatoms. The number of pyridine rings is 1. The van der Waals surface area contributed by atoms with Crippen molar-refractivity contribution in [3.63, 3.8) is 0 Å². The van der Waals surface area contributed by atoms with Gasteiger partial charge in [0.25, 0.3) is 0 Å². The lowest BCUT2D eigenvalue weighted by Gasteiger charge is -2.05. The van der Waals surface area contributed by atoms with Crippen LogP contribution in [0.3, 0.4) is 0 Å². The molecular weight excluding hydrogens is 352 g/mol. The first-order valence-corrected chi connectivity index (χ1v) is 9.08. The lowest BCUT2D eigenvalue weighted by molar-refractivity contribution is -0.120. The SMILES string of the molecule is COc1ccc(CCC(=O)NCC#CCOc2cccc3cccnc23)cc1. The first-order chi connectivity index (χ1) is 13.8. The van der Waals surface area contributed by atoms with E-state index in [-0.39, 0.29) is 12.5 Å². The van der Waals surface area contributed by atoms with Crippen molar-refractivity contribution in [3.05, 3.63) is 66.4 Å². The summed E-state index contributed by atoms with van der Waals surface area (Å²) in [6.45, 7) is 0.552. The number of ether oxygens (including phenoxy) is 2. The molecule has 0 aliphatic carbocycles. The number of nitrogens with zero attached hydrogens (tertiary/aromatic N) is 1. The van der Waals surface area contributed by atoms with E-state index in [1.165, 1.54) is 0 Å². The molecule has 0 aliphatic rings. The van der Waals surface area contributed by atoms with Crippen LogP contribution in [0.15, 0.2) is 60.8 Å². The van der Waals surface area contributed by atoms with Crippen LogP contribution >= 0.6 is 0 Å². The highest BCUT2D eigenvalue weighted by Crippen LogP contribution is 2.22. The van der Waals surface area contributed by atoms with Crippen LogP contribution in [0, 0.1) is 11.8 Å². The van der Waals surface area contributed by atoms with Crippen molar-refractivity contribution >= 4 is 16.8 Å². The van der Waals surface area contributed by atoms with E-state index in [9.17, 15) is 4.79 Å². The van der Waals surface area contributed by atoms with Gasteiger partial charge in [-0.1, -0.05) is 42.2 Å². The minimum absolute atomic E-state index is 0.0238. The predicted molar refractivity (Wildman–Crippen MR) is 109 cm³/mol. The molecule has 0 spiro atoms. The molecule has 0 saturated carbocycles. The van der Waals surface area contributed by atoms with Crippen molar-refractivity contribution < 1.29 is 14.3 Å². The van der Waals surface area contributed by atoms with Gasteiger partial charge in [0.1, 0.15) is 23.6 Å². The Morgan fingerprint density at radius 1 is 1.07 bits per heavy atom. The fourth-order valence-corrected chi connectivity index (χ4v) is 2.70. The number of benzene rings is 2. The number of amides is 1. The number of carbonyl (C=O) groups is 1.